The Kier molecular flexibility index (Phi) is 13.7. The molecule has 2 aliphatic carbocycles. The summed E-state index contributed by atoms with van der Waals surface area (Å²) in [5.74, 6) is 6.49. The molecule has 4 heterocycles. The minimum absolute atomic E-state index is 0.128. The average Bonchev–Trinajstić information content (AvgIpc) is 3.73. The van der Waals surface area contributed by atoms with Crippen LogP contribution >= 0.6 is 0 Å². The zero-order chi connectivity index (χ0) is 36.4. The second-order valence-corrected chi connectivity index (χ2v) is 28.0. The minimum atomic E-state index is -1.08. The summed E-state index contributed by atoms with van der Waals surface area (Å²) in [6.45, 7) is 16.7. The van der Waals surface area contributed by atoms with Gasteiger partial charge in [0, 0.05) is 64.4 Å². The van der Waals surface area contributed by atoms with Crippen LogP contribution in [0.4, 0.5) is 0 Å². The predicted octanol–water partition coefficient (Wildman–Crippen LogP) is 8.49. The van der Waals surface area contributed by atoms with E-state index in [4.69, 9.17) is 15.3 Å². The van der Waals surface area contributed by atoms with E-state index in [1.54, 1.807) is 6.33 Å². The molecule has 4 aromatic rings. The molecule has 0 saturated heterocycles. The highest BCUT2D eigenvalue weighted by Crippen LogP contribution is 2.30. The summed E-state index contributed by atoms with van der Waals surface area (Å²) in [6.07, 6.45) is 18.7. The predicted molar refractivity (Wildman–Crippen MR) is 211 cm³/mol. The molecule has 2 saturated carbocycles. The van der Waals surface area contributed by atoms with Crippen LogP contribution in [0.5, 0.6) is 0 Å². The number of aromatic nitrogens is 6. The molecule has 0 radical (unpaired) electrons. The lowest BCUT2D eigenvalue weighted by Crippen LogP contribution is -2.22. The fourth-order valence-corrected chi connectivity index (χ4v) is 8.51. The van der Waals surface area contributed by atoms with Gasteiger partial charge in [0.1, 0.15) is 43.1 Å². The molecule has 0 aliphatic heterocycles. The van der Waals surface area contributed by atoms with Crippen LogP contribution in [0.15, 0.2) is 42.3 Å². The average molecular weight is 733 g/mol. The minimum Gasteiger partial charge on any atom is -0.361 e. The summed E-state index contributed by atoms with van der Waals surface area (Å²) in [6, 6.07) is 6.32. The Labute approximate surface area is 305 Å². The number of nitrogens with zero attached hydrogens (tertiary/aromatic N) is 7. The molecule has 2 fully saturated rings. The fourth-order valence-electron chi connectivity index (χ4n) is 6.99. The second kappa shape index (κ2) is 18.0. The van der Waals surface area contributed by atoms with E-state index < -0.39 is 16.1 Å². The van der Waals surface area contributed by atoms with E-state index in [1.165, 1.54) is 32.0 Å². The molecule has 13 heteroatoms. The Bertz CT molecular complexity index is 1750. The number of hydrogen-bond acceptors (Lipinski definition) is 9. The number of carbonyl (C=O) groups is 1. The molecule has 0 aromatic carbocycles. The van der Waals surface area contributed by atoms with Crippen molar-refractivity contribution in [1.29, 1.82) is 0 Å². The molecular formula is C38H60N8O3Si2. The van der Waals surface area contributed by atoms with Crippen LogP contribution < -0.4 is 5.84 Å². The van der Waals surface area contributed by atoms with Crippen molar-refractivity contribution >= 4 is 49.7 Å². The van der Waals surface area contributed by atoms with Crippen molar-refractivity contribution in [2.24, 2.45) is 22.8 Å². The topological polar surface area (TPSA) is 135 Å². The van der Waals surface area contributed by atoms with Crippen LogP contribution in [0, 0.1) is 11.8 Å². The van der Waals surface area contributed by atoms with Crippen molar-refractivity contribution in [3.63, 3.8) is 0 Å². The number of hydrazone groups is 1. The Morgan fingerprint density at radius 1 is 0.706 bits per heavy atom. The Balaban J connectivity index is 0.000000198. The molecule has 0 unspecified atom stereocenters. The van der Waals surface area contributed by atoms with Gasteiger partial charge in [0.05, 0.1) is 11.4 Å². The summed E-state index contributed by atoms with van der Waals surface area (Å²) in [5, 5.41) is 6.00. The lowest BCUT2D eigenvalue weighted by molar-refractivity contribution is 0.0882. The van der Waals surface area contributed by atoms with Crippen molar-refractivity contribution < 1.29 is 14.3 Å². The third-order valence-electron chi connectivity index (χ3n) is 10.1. The van der Waals surface area contributed by atoms with E-state index in [9.17, 15) is 4.79 Å². The molecular weight excluding hydrogens is 673 g/mol. The largest absolute Gasteiger partial charge is 0.361 e. The Morgan fingerprint density at radius 3 is 1.63 bits per heavy atom. The smallest absolute Gasteiger partial charge is 0.185 e. The summed E-state index contributed by atoms with van der Waals surface area (Å²) >= 11 is 0. The molecule has 4 aromatic heterocycles. The summed E-state index contributed by atoms with van der Waals surface area (Å²) in [7, 11) is -2.15. The SMILES string of the molecule is C[Si](C)(C)CCOCn1ccc2c(C(=NN)C3CCCCC3)ncnc21.C[Si](C)(C)CCOCn1ccc2c(C(=O)C3CCCCC3)ncnc21. The highest BCUT2D eigenvalue weighted by molar-refractivity contribution is 6.76. The first-order chi connectivity index (χ1) is 24.4. The zero-order valence-corrected chi connectivity index (χ0v) is 33.9. The molecule has 0 atom stereocenters. The molecule has 0 amide bonds. The molecule has 2 aliphatic rings. The second-order valence-electron chi connectivity index (χ2n) is 16.7. The molecule has 0 spiro atoms. The molecule has 0 bridgehead atoms. The summed E-state index contributed by atoms with van der Waals surface area (Å²) in [4.78, 5) is 30.6. The summed E-state index contributed by atoms with van der Waals surface area (Å²) in [5.41, 5.74) is 4.07. The third kappa shape index (κ3) is 10.9. The van der Waals surface area contributed by atoms with Crippen LogP contribution in [0.2, 0.25) is 51.4 Å². The quantitative estimate of drug-likeness (QED) is 0.0341. The number of Topliss-reactive ketones (excluding diaryl/α,β-unsaturated/α-hetero) is 1. The van der Waals surface area contributed by atoms with Gasteiger partial charge in [-0.3, -0.25) is 4.79 Å². The molecule has 278 valence electrons. The Hall–Kier alpha value is -3.27. The molecule has 6 rings (SSSR count). The number of fused-ring (bicyclic) bond motifs is 2. The lowest BCUT2D eigenvalue weighted by atomic mass is 9.84. The van der Waals surface area contributed by atoms with E-state index in [0.717, 1.165) is 97.3 Å². The van der Waals surface area contributed by atoms with Gasteiger partial charge in [-0.2, -0.15) is 5.10 Å². The van der Waals surface area contributed by atoms with Gasteiger partial charge in [0.25, 0.3) is 0 Å². The van der Waals surface area contributed by atoms with Crippen molar-refractivity contribution in [1.82, 2.24) is 29.1 Å². The Morgan fingerprint density at radius 2 is 1.16 bits per heavy atom. The number of hydrogen-bond donors (Lipinski definition) is 1. The first kappa shape index (κ1) is 39.0. The van der Waals surface area contributed by atoms with Crippen LogP contribution in [-0.4, -0.2) is 69.9 Å². The van der Waals surface area contributed by atoms with E-state index in [2.05, 4.69) is 70.4 Å². The maximum atomic E-state index is 12.9. The van der Waals surface area contributed by atoms with Gasteiger partial charge < -0.3 is 24.5 Å². The zero-order valence-electron chi connectivity index (χ0n) is 31.9. The first-order valence-electron chi connectivity index (χ1n) is 19.0. The van der Waals surface area contributed by atoms with Gasteiger partial charge in [-0.15, -0.1) is 0 Å². The number of ether oxygens (including phenoxy) is 2. The molecule has 11 nitrogen and oxygen atoms in total. The monoisotopic (exact) mass is 732 g/mol. The van der Waals surface area contributed by atoms with E-state index in [-0.39, 0.29) is 11.7 Å². The summed E-state index contributed by atoms with van der Waals surface area (Å²) < 4.78 is 15.7. The fraction of sp³-hybridized carbons (Fsp3) is 0.632. The number of nitrogens with two attached hydrogens (primary N) is 1. The van der Waals surface area contributed by atoms with Crippen molar-refractivity contribution in [2.45, 2.75) is 129 Å². The third-order valence-corrected chi connectivity index (χ3v) is 13.6. The maximum absolute atomic E-state index is 12.9. The van der Waals surface area contributed by atoms with Crippen LogP contribution in [-0.2, 0) is 22.9 Å². The molecule has 51 heavy (non-hydrogen) atoms. The van der Waals surface area contributed by atoms with Crippen LogP contribution in [0.3, 0.4) is 0 Å². The van der Waals surface area contributed by atoms with Crippen LogP contribution in [0.1, 0.15) is 80.4 Å². The van der Waals surface area contributed by atoms with Gasteiger partial charge in [-0.05, 0) is 49.9 Å². The number of ketones is 1. The van der Waals surface area contributed by atoms with E-state index in [1.807, 2.05) is 27.6 Å². The van der Waals surface area contributed by atoms with Crippen molar-refractivity contribution in [3.05, 3.63) is 48.6 Å². The van der Waals surface area contributed by atoms with Gasteiger partial charge >= 0.3 is 0 Å². The van der Waals surface area contributed by atoms with Gasteiger partial charge in [0.15, 0.2) is 5.78 Å². The van der Waals surface area contributed by atoms with Gasteiger partial charge in [-0.1, -0.05) is 77.8 Å². The van der Waals surface area contributed by atoms with E-state index >= 15 is 0 Å². The van der Waals surface area contributed by atoms with Gasteiger partial charge in [-0.25, -0.2) is 19.9 Å². The standard InChI is InChI=1S/C19H31N5OSi.C19H29N3O2Si/c1-26(2,3)12-11-25-14-24-10-9-16-18(21-13-22-19(16)24)17(23-20)15-7-5-4-6-8-15;1-25(2,3)12-11-24-14-22-10-9-16-17(20-13-21-19(16)22)18(23)15-7-5-4-6-8-15/h9-10,13,15H,4-8,11-12,14,20H2,1-3H3;9-10,13,15H,4-8,11-12,14H2,1-3H3. The maximum Gasteiger partial charge on any atom is 0.185 e. The van der Waals surface area contributed by atoms with Crippen LogP contribution in [0.25, 0.3) is 22.1 Å². The van der Waals surface area contributed by atoms with Crippen molar-refractivity contribution in [3.8, 4) is 0 Å². The number of rotatable bonds is 14. The van der Waals surface area contributed by atoms with Crippen molar-refractivity contribution in [2.75, 3.05) is 13.2 Å². The number of carbonyl (C=O) groups excluding carboxylic acids is 1. The molecule has 2 N–H and O–H groups in total. The lowest BCUT2D eigenvalue weighted by Gasteiger charge is -2.22. The normalized spacial score (nSPS) is 16.8. The highest BCUT2D eigenvalue weighted by Gasteiger charge is 2.26. The highest BCUT2D eigenvalue weighted by atomic mass is 28.3. The van der Waals surface area contributed by atoms with E-state index in [0.29, 0.717) is 25.1 Å². The van der Waals surface area contributed by atoms with Gasteiger partial charge in [0.2, 0.25) is 0 Å². The first-order valence-corrected chi connectivity index (χ1v) is 26.4.